The van der Waals surface area contributed by atoms with Crippen molar-refractivity contribution in [2.45, 2.75) is 49.5 Å². The zero-order valence-corrected chi connectivity index (χ0v) is 16.0. The van der Waals surface area contributed by atoms with Gasteiger partial charge in [-0.2, -0.15) is 0 Å². The zero-order valence-electron chi connectivity index (χ0n) is 13.6. The third-order valence-corrected chi connectivity index (χ3v) is 7.85. The lowest BCUT2D eigenvalue weighted by atomic mass is 10.0. The van der Waals surface area contributed by atoms with Crippen LogP contribution in [0.2, 0.25) is 0 Å². The lowest BCUT2D eigenvalue weighted by molar-refractivity contribution is 0.515. The second-order valence-corrected chi connectivity index (χ2v) is 9.75. The van der Waals surface area contributed by atoms with Crippen LogP contribution in [0.3, 0.4) is 0 Å². The summed E-state index contributed by atoms with van der Waals surface area (Å²) in [4.78, 5) is 22.5. The number of rotatable bonds is 4. The molecule has 1 aliphatic carbocycles. The van der Waals surface area contributed by atoms with Gasteiger partial charge in [-0.25, -0.2) is 4.98 Å². The predicted molar refractivity (Wildman–Crippen MR) is 106 cm³/mol. The zero-order chi connectivity index (χ0) is 16.5. The van der Waals surface area contributed by atoms with Gasteiger partial charge in [0.05, 0.1) is 10.6 Å². The molecule has 0 unspecified atom stereocenters. The summed E-state index contributed by atoms with van der Waals surface area (Å²) in [6.45, 7) is 2.16. The molecule has 0 radical (unpaired) electrons. The number of hydrogen-bond donors (Lipinski definition) is 1. The van der Waals surface area contributed by atoms with Crippen LogP contribution in [-0.4, -0.2) is 15.2 Å². The Balaban J connectivity index is 1.64. The Morgan fingerprint density at radius 3 is 2.88 bits per heavy atom. The summed E-state index contributed by atoms with van der Waals surface area (Å²) in [5, 5.41) is 5.78. The number of thioether (sulfide) groups is 1. The van der Waals surface area contributed by atoms with Gasteiger partial charge in [-0.3, -0.25) is 4.79 Å². The Hall–Kier alpha value is -1.11. The summed E-state index contributed by atoms with van der Waals surface area (Å²) in [7, 11) is 0. The molecule has 3 nitrogen and oxygen atoms in total. The number of aromatic nitrogens is 2. The topological polar surface area (TPSA) is 45.8 Å². The van der Waals surface area contributed by atoms with Crippen molar-refractivity contribution >= 4 is 44.7 Å². The second-order valence-electron chi connectivity index (χ2n) is 6.30. The Morgan fingerprint density at radius 1 is 1.29 bits per heavy atom. The molecule has 0 aliphatic heterocycles. The summed E-state index contributed by atoms with van der Waals surface area (Å²) < 4.78 is 0. The SMILES string of the molecule is C[C@H](SC1CCCCC1)c1nc2scc(-c3cccs3)c2c(=O)[nH]1. The van der Waals surface area contributed by atoms with Crippen LogP contribution in [0.5, 0.6) is 0 Å². The van der Waals surface area contributed by atoms with Crippen LogP contribution in [0.25, 0.3) is 20.7 Å². The molecule has 1 N–H and O–H groups in total. The summed E-state index contributed by atoms with van der Waals surface area (Å²) in [6, 6.07) is 4.07. The van der Waals surface area contributed by atoms with E-state index in [-0.39, 0.29) is 10.8 Å². The molecule has 126 valence electrons. The van der Waals surface area contributed by atoms with E-state index in [1.807, 2.05) is 23.2 Å². The van der Waals surface area contributed by atoms with E-state index in [0.717, 1.165) is 26.5 Å². The number of aromatic amines is 1. The minimum absolute atomic E-state index is 0.00394. The van der Waals surface area contributed by atoms with Crippen LogP contribution in [0.15, 0.2) is 27.7 Å². The molecule has 0 spiro atoms. The standard InChI is InChI=1S/C18H20N2OS3/c1-11(24-12-6-3-2-4-7-12)16-19-17(21)15-13(10-23-18(15)20-16)14-8-5-9-22-14/h5,8-12H,2-4,6-7H2,1H3,(H,19,20,21)/t11-/m0/s1. The number of nitrogens with one attached hydrogen (secondary N) is 1. The number of nitrogens with zero attached hydrogens (tertiary/aromatic N) is 1. The molecule has 3 heterocycles. The van der Waals surface area contributed by atoms with Crippen LogP contribution in [0.1, 0.15) is 50.1 Å². The summed E-state index contributed by atoms with van der Waals surface area (Å²) >= 11 is 5.20. The smallest absolute Gasteiger partial charge is 0.260 e. The van der Waals surface area contributed by atoms with Gasteiger partial charge in [0.1, 0.15) is 10.7 Å². The minimum atomic E-state index is -0.00394. The van der Waals surface area contributed by atoms with Gasteiger partial charge < -0.3 is 4.98 Å². The van der Waals surface area contributed by atoms with Crippen molar-refractivity contribution in [3.63, 3.8) is 0 Å². The highest BCUT2D eigenvalue weighted by Gasteiger charge is 2.21. The molecule has 1 fully saturated rings. The fourth-order valence-corrected chi connectivity index (χ4v) is 6.52. The maximum Gasteiger partial charge on any atom is 0.260 e. The first kappa shape index (κ1) is 16.4. The average Bonchev–Trinajstić information content (AvgIpc) is 3.24. The van der Waals surface area contributed by atoms with Crippen molar-refractivity contribution in [1.82, 2.24) is 9.97 Å². The van der Waals surface area contributed by atoms with E-state index >= 15 is 0 Å². The van der Waals surface area contributed by atoms with Gasteiger partial charge >= 0.3 is 0 Å². The molecule has 0 bridgehead atoms. The first-order valence-electron chi connectivity index (χ1n) is 8.43. The third kappa shape index (κ3) is 3.19. The Morgan fingerprint density at radius 2 is 2.12 bits per heavy atom. The van der Waals surface area contributed by atoms with Crippen molar-refractivity contribution in [3.8, 4) is 10.4 Å². The molecule has 0 aromatic carbocycles. The lowest BCUT2D eigenvalue weighted by Gasteiger charge is -2.23. The van der Waals surface area contributed by atoms with Crippen molar-refractivity contribution in [3.05, 3.63) is 39.1 Å². The van der Waals surface area contributed by atoms with E-state index < -0.39 is 0 Å². The maximum atomic E-state index is 12.7. The maximum absolute atomic E-state index is 12.7. The summed E-state index contributed by atoms with van der Waals surface area (Å²) in [5.41, 5.74) is 1.01. The summed E-state index contributed by atoms with van der Waals surface area (Å²) in [6.07, 6.45) is 6.63. The molecule has 1 aliphatic rings. The highest BCUT2D eigenvalue weighted by molar-refractivity contribution is 8.00. The quantitative estimate of drug-likeness (QED) is 0.622. The van der Waals surface area contributed by atoms with Crippen LogP contribution >= 0.6 is 34.4 Å². The average molecular weight is 377 g/mol. The molecule has 24 heavy (non-hydrogen) atoms. The highest BCUT2D eigenvalue weighted by Crippen LogP contribution is 2.38. The third-order valence-electron chi connectivity index (χ3n) is 4.58. The van der Waals surface area contributed by atoms with Gasteiger partial charge in [0.15, 0.2) is 0 Å². The molecule has 6 heteroatoms. The van der Waals surface area contributed by atoms with E-state index in [1.165, 1.54) is 32.1 Å². The number of fused-ring (bicyclic) bond motifs is 1. The van der Waals surface area contributed by atoms with Gasteiger partial charge in [-0.1, -0.05) is 25.3 Å². The van der Waals surface area contributed by atoms with Crippen molar-refractivity contribution in [2.75, 3.05) is 0 Å². The monoisotopic (exact) mass is 376 g/mol. The molecule has 0 amide bonds. The van der Waals surface area contributed by atoms with Crippen LogP contribution < -0.4 is 5.56 Å². The Labute approximate surface area is 153 Å². The predicted octanol–water partition coefficient (Wildman–Crippen LogP) is 5.84. The molecule has 3 aromatic heterocycles. The Bertz CT molecular complexity index is 875. The van der Waals surface area contributed by atoms with E-state index in [0.29, 0.717) is 5.25 Å². The van der Waals surface area contributed by atoms with Gasteiger partial charge in [0.2, 0.25) is 0 Å². The largest absolute Gasteiger partial charge is 0.309 e. The molecule has 3 aromatic rings. The molecule has 0 saturated heterocycles. The first-order chi connectivity index (χ1) is 11.7. The van der Waals surface area contributed by atoms with Crippen LogP contribution in [0, 0.1) is 0 Å². The van der Waals surface area contributed by atoms with Crippen molar-refractivity contribution in [2.24, 2.45) is 0 Å². The van der Waals surface area contributed by atoms with Gasteiger partial charge in [0.25, 0.3) is 5.56 Å². The molecular formula is C18H20N2OS3. The first-order valence-corrected chi connectivity index (χ1v) is 11.1. The van der Waals surface area contributed by atoms with Crippen molar-refractivity contribution in [1.29, 1.82) is 0 Å². The number of hydrogen-bond acceptors (Lipinski definition) is 5. The van der Waals surface area contributed by atoms with E-state index in [2.05, 4.69) is 23.4 Å². The van der Waals surface area contributed by atoms with Crippen LogP contribution in [-0.2, 0) is 0 Å². The van der Waals surface area contributed by atoms with Crippen LogP contribution in [0.4, 0.5) is 0 Å². The lowest BCUT2D eigenvalue weighted by Crippen LogP contribution is -2.15. The normalized spacial score (nSPS) is 17.4. The van der Waals surface area contributed by atoms with E-state index in [4.69, 9.17) is 4.98 Å². The van der Waals surface area contributed by atoms with E-state index in [1.54, 1.807) is 22.7 Å². The molecule has 4 rings (SSSR count). The van der Waals surface area contributed by atoms with Gasteiger partial charge in [0, 0.05) is 21.1 Å². The van der Waals surface area contributed by atoms with E-state index in [9.17, 15) is 4.79 Å². The molecule has 1 saturated carbocycles. The minimum Gasteiger partial charge on any atom is -0.309 e. The number of thiophene rings is 2. The highest BCUT2D eigenvalue weighted by atomic mass is 32.2. The fourth-order valence-electron chi connectivity index (χ4n) is 3.33. The fraction of sp³-hybridized carbons (Fsp3) is 0.444. The molecular weight excluding hydrogens is 356 g/mol. The van der Waals surface area contributed by atoms with Crippen molar-refractivity contribution < 1.29 is 0 Å². The molecule has 1 atom stereocenters. The van der Waals surface area contributed by atoms with Gasteiger partial charge in [-0.05, 0) is 31.2 Å². The second kappa shape index (κ2) is 7.02. The Kier molecular flexibility index (Phi) is 4.79. The summed E-state index contributed by atoms with van der Waals surface area (Å²) in [5.74, 6) is 0.822. The van der Waals surface area contributed by atoms with Gasteiger partial charge in [-0.15, -0.1) is 34.4 Å². The number of H-pyrrole nitrogens is 1.